The Balaban J connectivity index is 2.19. The van der Waals surface area contributed by atoms with E-state index in [1.165, 1.54) is 6.08 Å². The molecule has 1 N–H and O–H groups in total. The van der Waals surface area contributed by atoms with Gasteiger partial charge in [-0.1, -0.05) is 36.4 Å². The first-order valence-electron chi connectivity index (χ1n) is 5.76. The highest BCUT2D eigenvalue weighted by molar-refractivity contribution is 5.87. The number of carbonyl (C=O) groups is 1. The number of hydrogen-bond donors (Lipinski definition) is 1. The van der Waals surface area contributed by atoms with Crippen LogP contribution < -0.4 is 0 Å². The molecule has 0 aliphatic carbocycles. The van der Waals surface area contributed by atoms with Gasteiger partial charge in [0, 0.05) is 6.54 Å². The van der Waals surface area contributed by atoms with Crippen molar-refractivity contribution in [3.05, 3.63) is 48.0 Å². The van der Waals surface area contributed by atoms with Crippen molar-refractivity contribution >= 4 is 5.91 Å². The maximum absolute atomic E-state index is 11.5. The van der Waals surface area contributed by atoms with E-state index in [0.29, 0.717) is 19.5 Å². The van der Waals surface area contributed by atoms with Gasteiger partial charge < -0.3 is 10.0 Å². The number of benzene rings is 1. The molecule has 0 radical (unpaired) electrons. The molecule has 90 valence electrons. The lowest BCUT2D eigenvalue weighted by Gasteiger charge is -2.23. The zero-order valence-electron chi connectivity index (χ0n) is 10.0. The highest BCUT2D eigenvalue weighted by atomic mass is 16.3. The Bertz CT molecular complexity index is 438. The Morgan fingerprint density at radius 3 is 2.71 bits per heavy atom. The summed E-state index contributed by atoms with van der Waals surface area (Å²) in [7, 11) is 0. The van der Waals surface area contributed by atoms with E-state index in [9.17, 15) is 9.90 Å². The Kier molecular flexibility index (Phi) is 3.03. The van der Waals surface area contributed by atoms with Crippen molar-refractivity contribution < 1.29 is 9.90 Å². The lowest BCUT2D eigenvalue weighted by Crippen LogP contribution is -2.33. The van der Waals surface area contributed by atoms with E-state index in [1.54, 1.807) is 4.90 Å². The number of β-amino-alcohol motifs (C(OH)–C–C–N with tert-alkyl or cyclic N) is 1. The Morgan fingerprint density at radius 1 is 1.47 bits per heavy atom. The van der Waals surface area contributed by atoms with Gasteiger partial charge in [-0.2, -0.15) is 0 Å². The quantitative estimate of drug-likeness (QED) is 0.785. The van der Waals surface area contributed by atoms with Crippen molar-refractivity contribution in [2.75, 3.05) is 13.1 Å². The number of rotatable bonds is 2. The SMILES string of the molecule is C=CC(=O)N1CCC(O)(c2ccc(C)cc2)C1. The molecule has 1 atom stereocenters. The molecule has 0 saturated carbocycles. The molecule has 1 amide bonds. The van der Waals surface area contributed by atoms with Crippen LogP contribution in [0, 0.1) is 6.92 Å². The second kappa shape index (κ2) is 4.34. The van der Waals surface area contributed by atoms with Gasteiger partial charge in [0.25, 0.3) is 0 Å². The molecule has 1 unspecified atom stereocenters. The summed E-state index contributed by atoms with van der Waals surface area (Å²) in [6, 6.07) is 7.81. The molecule has 1 aromatic carbocycles. The minimum absolute atomic E-state index is 0.118. The van der Waals surface area contributed by atoms with Crippen molar-refractivity contribution in [3.8, 4) is 0 Å². The van der Waals surface area contributed by atoms with Gasteiger partial charge in [0.2, 0.25) is 5.91 Å². The van der Waals surface area contributed by atoms with Crippen molar-refractivity contribution in [1.29, 1.82) is 0 Å². The van der Waals surface area contributed by atoms with Crippen LogP contribution in [0.25, 0.3) is 0 Å². The molecule has 3 heteroatoms. The fraction of sp³-hybridized carbons (Fsp3) is 0.357. The molecule has 0 spiro atoms. The van der Waals surface area contributed by atoms with Crippen LogP contribution in [0.1, 0.15) is 17.5 Å². The maximum atomic E-state index is 11.5. The van der Waals surface area contributed by atoms with E-state index in [1.807, 2.05) is 31.2 Å². The summed E-state index contributed by atoms with van der Waals surface area (Å²) in [6.07, 6.45) is 1.87. The largest absolute Gasteiger partial charge is 0.383 e. The second-order valence-corrected chi connectivity index (χ2v) is 4.61. The standard InChI is InChI=1S/C14H17NO2/c1-3-13(16)15-9-8-14(17,10-15)12-6-4-11(2)5-7-12/h3-7,17H,1,8-10H2,2H3. The van der Waals surface area contributed by atoms with Gasteiger partial charge in [-0.3, -0.25) is 4.79 Å². The number of aryl methyl sites for hydroxylation is 1. The number of hydrogen-bond acceptors (Lipinski definition) is 2. The predicted octanol–water partition coefficient (Wildman–Crippen LogP) is 1.60. The highest BCUT2D eigenvalue weighted by Crippen LogP contribution is 2.32. The lowest BCUT2D eigenvalue weighted by atomic mass is 9.92. The van der Waals surface area contributed by atoms with Crippen LogP contribution in [0.2, 0.25) is 0 Å². The topological polar surface area (TPSA) is 40.5 Å². The first kappa shape index (κ1) is 11.9. The average Bonchev–Trinajstić information content (AvgIpc) is 2.73. The number of carbonyl (C=O) groups excluding carboxylic acids is 1. The summed E-state index contributed by atoms with van der Waals surface area (Å²) >= 11 is 0. The van der Waals surface area contributed by atoms with Gasteiger partial charge in [0.05, 0.1) is 6.54 Å². The molecular formula is C14H17NO2. The van der Waals surface area contributed by atoms with Crippen LogP contribution >= 0.6 is 0 Å². The molecular weight excluding hydrogens is 214 g/mol. The first-order chi connectivity index (χ1) is 8.05. The number of aliphatic hydroxyl groups is 1. The molecule has 1 heterocycles. The zero-order valence-corrected chi connectivity index (χ0v) is 10.0. The van der Waals surface area contributed by atoms with E-state index >= 15 is 0 Å². The average molecular weight is 231 g/mol. The van der Waals surface area contributed by atoms with Crippen LogP contribution in [0.3, 0.4) is 0 Å². The second-order valence-electron chi connectivity index (χ2n) is 4.61. The Labute approximate surface area is 101 Å². The lowest BCUT2D eigenvalue weighted by molar-refractivity contribution is -0.126. The number of amides is 1. The smallest absolute Gasteiger partial charge is 0.246 e. The molecule has 2 rings (SSSR count). The molecule has 3 nitrogen and oxygen atoms in total. The van der Waals surface area contributed by atoms with Gasteiger partial charge in [-0.25, -0.2) is 0 Å². The van der Waals surface area contributed by atoms with Gasteiger partial charge in [0.15, 0.2) is 0 Å². The summed E-state index contributed by atoms with van der Waals surface area (Å²) in [6.45, 7) is 6.40. The summed E-state index contributed by atoms with van der Waals surface area (Å²) in [5.41, 5.74) is 1.13. The van der Waals surface area contributed by atoms with Crippen molar-refractivity contribution in [3.63, 3.8) is 0 Å². The zero-order chi connectivity index (χ0) is 12.5. The molecule has 1 aliphatic rings. The van der Waals surface area contributed by atoms with E-state index in [-0.39, 0.29) is 5.91 Å². The third-order valence-electron chi connectivity index (χ3n) is 3.32. The number of nitrogens with zero attached hydrogens (tertiary/aromatic N) is 1. The summed E-state index contributed by atoms with van der Waals surface area (Å²) < 4.78 is 0. The maximum Gasteiger partial charge on any atom is 0.246 e. The minimum atomic E-state index is -0.910. The van der Waals surface area contributed by atoms with Crippen molar-refractivity contribution in [2.45, 2.75) is 18.9 Å². The van der Waals surface area contributed by atoms with Gasteiger partial charge in [0.1, 0.15) is 5.60 Å². The summed E-state index contributed by atoms with van der Waals surface area (Å²) in [5.74, 6) is -0.118. The first-order valence-corrected chi connectivity index (χ1v) is 5.76. The van der Waals surface area contributed by atoms with E-state index < -0.39 is 5.60 Å². The molecule has 17 heavy (non-hydrogen) atoms. The molecule has 1 fully saturated rings. The van der Waals surface area contributed by atoms with Crippen LogP contribution in [0.15, 0.2) is 36.9 Å². The van der Waals surface area contributed by atoms with E-state index in [2.05, 4.69) is 6.58 Å². The van der Waals surface area contributed by atoms with E-state index in [4.69, 9.17) is 0 Å². The van der Waals surface area contributed by atoms with Crippen LogP contribution in [-0.4, -0.2) is 29.0 Å². The van der Waals surface area contributed by atoms with Gasteiger partial charge >= 0.3 is 0 Å². The fourth-order valence-corrected chi connectivity index (χ4v) is 2.21. The van der Waals surface area contributed by atoms with E-state index in [0.717, 1.165) is 11.1 Å². The van der Waals surface area contributed by atoms with Crippen LogP contribution in [0.5, 0.6) is 0 Å². The fourth-order valence-electron chi connectivity index (χ4n) is 2.21. The Morgan fingerprint density at radius 2 is 2.12 bits per heavy atom. The molecule has 1 aliphatic heterocycles. The monoisotopic (exact) mass is 231 g/mol. The Hall–Kier alpha value is -1.61. The third kappa shape index (κ3) is 2.24. The molecule has 0 bridgehead atoms. The third-order valence-corrected chi connectivity index (χ3v) is 3.32. The van der Waals surface area contributed by atoms with Gasteiger partial charge in [-0.05, 0) is 25.0 Å². The highest BCUT2D eigenvalue weighted by Gasteiger charge is 2.38. The predicted molar refractivity (Wildman–Crippen MR) is 66.5 cm³/mol. The van der Waals surface area contributed by atoms with Crippen molar-refractivity contribution in [1.82, 2.24) is 4.90 Å². The molecule has 1 aromatic rings. The minimum Gasteiger partial charge on any atom is -0.383 e. The summed E-state index contributed by atoms with van der Waals surface area (Å²) in [5, 5.41) is 10.5. The molecule has 1 saturated heterocycles. The normalized spacial score (nSPS) is 23.8. The number of likely N-dealkylation sites (tertiary alicyclic amines) is 1. The van der Waals surface area contributed by atoms with Crippen LogP contribution in [-0.2, 0) is 10.4 Å². The molecule has 0 aromatic heterocycles. The van der Waals surface area contributed by atoms with Crippen LogP contribution in [0.4, 0.5) is 0 Å². The van der Waals surface area contributed by atoms with Gasteiger partial charge in [-0.15, -0.1) is 0 Å². The summed E-state index contributed by atoms with van der Waals surface area (Å²) in [4.78, 5) is 13.1. The van der Waals surface area contributed by atoms with Crippen molar-refractivity contribution in [2.24, 2.45) is 0 Å².